The Morgan fingerprint density at radius 3 is 2.07 bits per heavy atom. The van der Waals surface area contributed by atoms with Gasteiger partial charge in [-0.15, -0.1) is 0 Å². The third-order valence-electron chi connectivity index (χ3n) is 3.41. The van der Waals surface area contributed by atoms with E-state index in [9.17, 15) is 0 Å². The van der Waals surface area contributed by atoms with Crippen LogP contribution in [-0.2, 0) is 0 Å². The van der Waals surface area contributed by atoms with Gasteiger partial charge in [-0.1, -0.05) is 36.9 Å². The number of quaternary nitrogens is 1. The van der Waals surface area contributed by atoms with Crippen LogP contribution in [0.5, 0.6) is 0 Å². The fourth-order valence-corrected chi connectivity index (χ4v) is 1.76. The van der Waals surface area contributed by atoms with Gasteiger partial charge in [-0.2, -0.15) is 0 Å². The maximum absolute atomic E-state index is 3.97. The van der Waals surface area contributed by atoms with Gasteiger partial charge in [-0.3, -0.25) is 0 Å². The standard InChI is InChI=1S/C14H22N/c1-6-14(15(4,5)12(2)3)13-10-8-7-9-11-13/h6-12,14H,1H2,2-5H3/q+1. The topological polar surface area (TPSA) is 0 Å². The van der Waals surface area contributed by atoms with Gasteiger partial charge in [-0.05, 0) is 19.9 Å². The lowest BCUT2D eigenvalue weighted by Gasteiger charge is -2.40. The minimum Gasteiger partial charge on any atom is -0.317 e. The molecule has 0 N–H and O–H groups in total. The molecule has 1 heteroatoms. The van der Waals surface area contributed by atoms with Crippen molar-refractivity contribution in [3.63, 3.8) is 0 Å². The zero-order valence-corrected chi connectivity index (χ0v) is 10.3. The highest BCUT2D eigenvalue weighted by atomic mass is 15.3. The van der Waals surface area contributed by atoms with E-state index in [0.717, 1.165) is 4.48 Å². The minimum absolute atomic E-state index is 0.367. The molecule has 0 bridgehead atoms. The predicted molar refractivity (Wildman–Crippen MR) is 66.6 cm³/mol. The van der Waals surface area contributed by atoms with Crippen LogP contribution in [0.1, 0.15) is 25.5 Å². The molecule has 0 aliphatic heterocycles. The first kappa shape index (κ1) is 12.0. The number of hydrogen-bond acceptors (Lipinski definition) is 0. The van der Waals surface area contributed by atoms with Gasteiger partial charge >= 0.3 is 0 Å². The summed E-state index contributed by atoms with van der Waals surface area (Å²) in [4.78, 5) is 0. The van der Waals surface area contributed by atoms with Crippen molar-refractivity contribution in [1.82, 2.24) is 0 Å². The summed E-state index contributed by atoms with van der Waals surface area (Å²) in [5.41, 5.74) is 1.34. The Labute approximate surface area is 93.6 Å². The van der Waals surface area contributed by atoms with Crippen LogP contribution >= 0.6 is 0 Å². The van der Waals surface area contributed by atoms with E-state index in [1.807, 2.05) is 0 Å². The van der Waals surface area contributed by atoms with E-state index < -0.39 is 0 Å². The minimum atomic E-state index is 0.367. The molecule has 0 aliphatic carbocycles. The number of hydrogen-bond donors (Lipinski definition) is 0. The first-order chi connectivity index (χ1) is 7.00. The second-order valence-electron chi connectivity index (χ2n) is 4.81. The van der Waals surface area contributed by atoms with Gasteiger partial charge < -0.3 is 4.48 Å². The summed E-state index contributed by atoms with van der Waals surface area (Å²) in [5.74, 6) is 0. The van der Waals surface area contributed by atoms with E-state index in [0.29, 0.717) is 12.1 Å². The normalized spacial score (nSPS) is 13.9. The Morgan fingerprint density at radius 1 is 1.13 bits per heavy atom. The highest BCUT2D eigenvalue weighted by Crippen LogP contribution is 2.28. The lowest BCUT2D eigenvalue weighted by Crippen LogP contribution is -2.47. The van der Waals surface area contributed by atoms with Crippen molar-refractivity contribution in [1.29, 1.82) is 0 Å². The fraction of sp³-hybridized carbons (Fsp3) is 0.429. The van der Waals surface area contributed by atoms with Crippen molar-refractivity contribution in [2.24, 2.45) is 0 Å². The van der Waals surface area contributed by atoms with Gasteiger partial charge in [0.15, 0.2) is 0 Å². The molecule has 0 aliphatic rings. The third kappa shape index (κ3) is 2.48. The molecular weight excluding hydrogens is 182 g/mol. The van der Waals surface area contributed by atoms with Crippen LogP contribution in [0.15, 0.2) is 43.0 Å². The summed E-state index contributed by atoms with van der Waals surface area (Å²) in [6.07, 6.45) is 2.05. The highest BCUT2D eigenvalue weighted by molar-refractivity contribution is 5.20. The number of nitrogens with zero attached hydrogens (tertiary/aromatic N) is 1. The molecule has 0 radical (unpaired) electrons. The Morgan fingerprint density at radius 2 is 1.67 bits per heavy atom. The van der Waals surface area contributed by atoms with Crippen LogP contribution in [-0.4, -0.2) is 24.6 Å². The fourth-order valence-electron chi connectivity index (χ4n) is 1.76. The SMILES string of the molecule is C=CC(c1ccccc1)[N+](C)(C)C(C)C. The van der Waals surface area contributed by atoms with Crippen molar-refractivity contribution in [2.75, 3.05) is 14.1 Å². The molecule has 0 amide bonds. The van der Waals surface area contributed by atoms with E-state index in [-0.39, 0.29) is 0 Å². The summed E-state index contributed by atoms with van der Waals surface area (Å²) in [5, 5.41) is 0. The van der Waals surface area contributed by atoms with Crippen molar-refractivity contribution in [2.45, 2.75) is 25.9 Å². The molecule has 0 fully saturated rings. The van der Waals surface area contributed by atoms with Crippen molar-refractivity contribution in [3.8, 4) is 0 Å². The second-order valence-corrected chi connectivity index (χ2v) is 4.81. The number of benzene rings is 1. The van der Waals surface area contributed by atoms with Gasteiger partial charge in [0.1, 0.15) is 6.04 Å². The monoisotopic (exact) mass is 204 g/mol. The zero-order chi connectivity index (χ0) is 11.5. The molecule has 0 saturated carbocycles. The quantitative estimate of drug-likeness (QED) is 0.521. The lowest BCUT2D eigenvalue weighted by molar-refractivity contribution is -0.934. The van der Waals surface area contributed by atoms with E-state index in [2.05, 4.69) is 70.9 Å². The molecule has 1 aromatic carbocycles. The molecule has 1 atom stereocenters. The molecule has 1 rings (SSSR count). The van der Waals surface area contributed by atoms with Crippen LogP contribution in [0.25, 0.3) is 0 Å². The van der Waals surface area contributed by atoms with Crippen LogP contribution in [0, 0.1) is 0 Å². The molecule has 1 unspecified atom stereocenters. The summed E-state index contributed by atoms with van der Waals surface area (Å²) in [7, 11) is 4.51. The average molecular weight is 204 g/mol. The Hall–Kier alpha value is -1.08. The highest BCUT2D eigenvalue weighted by Gasteiger charge is 2.29. The Kier molecular flexibility index (Phi) is 3.70. The first-order valence-corrected chi connectivity index (χ1v) is 5.51. The van der Waals surface area contributed by atoms with Gasteiger partial charge in [0.25, 0.3) is 0 Å². The Bertz CT molecular complexity index is 311. The van der Waals surface area contributed by atoms with E-state index >= 15 is 0 Å². The van der Waals surface area contributed by atoms with Crippen LogP contribution in [0.4, 0.5) is 0 Å². The molecule has 0 aromatic heterocycles. The van der Waals surface area contributed by atoms with E-state index in [1.54, 1.807) is 0 Å². The molecule has 0 saturated heterocycles. The summed E-state index contributed by atoms with van der Waals surface area (Å²) >= 11 is 0. The summed E-state index contributed by atoms with van der Waals surface area (Å²) in [6, 6.07) is 11.5. The first-order valence-electron chi connectivity index (χ1n) is 5.51. The van der Waals surface area contributed by atoms with Gasteiger partial charge in [0.2, 0.25) is 0 Å². The Balaban J connectivity index is 3.05. The predicted octanol–water partition coefficient (Wildman–Crippen LogP) is 3.40. The van der Waals surface area contributed by atoms with Crippen molar-refractivity contribution >= 4 is 0 Å². The second kappa shape index (κ2) is 4.63. The van der Waals surface area contributed by atoms with Crippen LogP contribution in [0.2, 0.25) is 0 Å². The largest absolute Gasteiger partial charge is 0.317 e. The lowest BCUT2D eigenvalue weighted by atomic mass is 10.0. The van der Waals surface area contributed by atoms with Crippen molar-refractivity contribution in [3.05, 3.63) is 48.6 Å². The maximum atomic E-state index is 3.97. The zero-order valence-electron chi connectivity index (χ0n) is 10.3. The molecule has 0 spiro atoms. The summed E-state index contributed by atoms with van der Waals surface area (Å²) < 4.78 is 0.938. The van der Waals surface area contributed by atoms with Gasteiger partial charge in [-0.25, -0.2) is 0 Å². The molecule has 82 valence electrons. The summed E-state index contributed by atoms with van der Waals surface area (Å²) in [6.45, 7) is 8.47. The van der Waals surface area contributed by atoms with Gasteiger partial charge in [0, 0.05) is 5.56 Å². The van der Waals surface area contributed by atoms with Crippen LogP contribution < -0.4 is 0 Å². The molecule has 1 aromatic rings. The maximum Gasteiger partial charge on any atom is 0.133 e. The van der Waals surface area contributed by atoms with Crippen LogP contribution in [0.3, 0.4) is 0 Å². The molecule has 1 nitrogen and oxygen atoms in total. The smallest absolute Gasteiger partial charge is 0.133 e. The van der Waals surface area contributed by atoms with E-state index in [4.69, 9.17) is 0 Å². The van der Waals surface area contributed by atoms with Gasteiger partial charge in [0.05, 0.1) is 20.1 Å². The average Bonchev–Trinajstić information content (AvgIpc) is 2.19. The molecular formula is C14H22N+. The van der Waals surface area contributed by atoms with Crippen molar-refractivity contribution < 1.29 is 4.48 Å². The van der Waals surface area contributed by atoms with E-state index in [1.165, 1.54) is 5.56 Å². The number of rotatable bonds is 4. The number of likely N-dealkylation sites (N-methyl/N-ethyl adjacent to an activating group) is 1. The molecule has 15 heavy (non-hydrogen) atoms. The third-order valence-corrected chi connectivity index (χ3v) is 3.41. The molecule has 0 heterocycles.